The summed E-state index contributed by atoms with van der Waals surface area (Å²) in [7, 11) is 0. The first-order chi connectivity index (χ1) is 8.49. The third kappa shape index (κ3) is 2.99. The molecule has 4 nitrogen and oxygen atoms in total. The highest BCUT2D eigenvalue weighted by Crippen LogP contribution is 2.27. The first kappa shape index (κ1) is 14.9. The van der Waals surface area contributed by atoms with Gasteiger partial charge in [-0.15, -0.1) is 0 Å². The number of nitrogens with zero attached hydrogens (tertiary/aromatic N) is 2. The van der Waals surface area contributed by atoms with Crippen LogP contribution in [0.5, 0.6) is 0 Å². The van der Waals surface area contributed by atoms with E-state index in [1.54, 1.807) is 0 Å². The second-order valence-electron chi connectivity index (χ2n) is 5.17. The van der Waals surface area contributed by atoms with Gasteiger partial charge in [-0.05, 0) is 32.8 Å². The smallest absolute Gasteiger partial charge is 0.146 e. The fourth-order valence-electron chi connectivity index (χ4n) is 2.16. The van der Waals surface area contributed by atoms with Crippen LogP contribution >= 0.6 is 0 Å². The molecule has 1 heterocycles. The number of hydrogen-bond acceptors (Lipinski definition) is 3. The Morgan fingerprint density at radius 2 is 2.06 bits per heavy atom. The lowest BCUT2D eigenvalue weighted by Crippen LogP contribution is -2.38. The van der Waals surface area contributed by atoms with Crippen LogP contribution in [-0.2, 0) is 11.2 Å². The van der Waals surface area contributed by atoms with Crippen LogP contribution in [0.2, 0.25) is 0 Å². The van der Waals surface area contributed by atoms with E-state index in [4.69, 9.17) is 5.73 Å². The lowest BCUT2D eigenvalue weighted by Gasteiger charge is -2.28. The van der Waals surface area contributed by atoms with Crippen molar-refractivity contribution in [1.29, 1.82) is 0 Å². The van der Waals surface area contributed by atoms with Crippen molar-refractivity contribution in [2.45, 2.75) is 53.0 Å². The number of carbonyl (C=O) groups excluding carboxylic acids is 1. The van der Waals surface area contributed by atoms with E-state index in [0.29, 0.717) is 19.0 Å². The standard InChI is InChI=1S/C14H25N3O/c1-5-14(6-2,10-15)13(18)9-12-7-8-17(16-12)11(3)4/h7-8,11H,5-6,9-10,15H2,1-4H3. The molecule has 4 heteroatoms. The van der Waals surface area contributed by atoms with Crippen LogP contribution in [0.3, 0.4) is 0 Å². The molecule has 102 valence electrons. The van der Waals surface area contributed by atoms with E-state index in [1.165, 1.54) is 0 Å². The molecule has 0 saturated heterocycles. The van der Waals surface area contributed by atoms with Crippen molar-refractivity contribution in [2.24, 2.45) is 11.1 Å². The van der Waals surface area contributed by atoms with Crippen LogP contribution in [-0.4, -0.2) is 22.1 Å². The number of Topliss-reactive ketones (excluding diaryl/α,β-unsaturated/α-hetero) is 1. The topological polar surface area (TPSA) is 60.9 Å². The molecule has 0 fully saturated rings. The largest absolute Gasteiger partial charge is 0.329 e. The highest BCUT2D eigenvalue weighted by Gasteiger charge is 2.33. The molecule has 1 aromatic heterocycles. The van der Waals surface area contributed by atoms with E-state index >= 15 is 0 Å². The highest BCUT2D eigenvalue weighted by atomic mass is 16.1. The zero-order valence-electron chi connectivity index (χ0n) is 11.9. The van der Waals surface area contributed by atoms with Crippen LogP contribution < -0.4 is 5.73 Å². The number of carbonyl (C=O) groups is 1. The minimum Gasteiger partial charge on any atom is -0.329 e. The minimum atomic E-state index is -0.373. The summed E-state index contributed by atoms with van der Waals surface area (Å²) in [6, 6.07) is 2.25. The fraction of sp³-hybridized carbons (Fsp3) is 0.714. The van der Waals surface area contributed by atoms with E-state index in [2.05, 4.69) is 18.9 Å². The van der Waals surface area contributed by atoms with Crippen molar-refractivity contribution in [3.05, 3.63) is 18.0 Å². The fourth-order valence-corrected chi connectivity index (χ4v) is 2.16. The second kappa shape index (κ2) is 6.14. The number of nitrogens with two attached hydrogens (primary N) is 1. The average Bonchev–Trinajstić information content (AvgIpc) is 2.81. The SMILES string of the molecule is CCC(CC)(CN)C(=O)Cc1ccn(C(C)C)n1. The summed E-state index contributed by atoms with van der Waals surface area (Å²) in [4.78, 5) is 12.4. The van der Waals surface area contributed by atoms with Gasteiger partial charge in [-0.25, -0.2) is 0 Å². The molecule has 0 spiro atoms. The van der Waals surface area contributed by atoms with Gasteiger partial charge in [0.1, 0.15) is 5.78 Å². The Labute approximate surface area is 110 Å². The molecule has 0 aliphatic carbocycles. The molecule has 1 aromatic rings. The predicted octanol–water partition coefficient (Wildman–Crippen LogP) is 2.34. The summed E-state index contributed by atoms with van der Waals surface area (Å²) in [5.41, 5.74) is 6.26. The predicted molar refractivity (Wildman–Crippen MR) is 73.4 cm³/mol. The summed E-state index contributed by atoms with van der Waals surface area (Å²) < 4.78 is 1.88. The normalized spacial score (nSPS) is 12.1. The van der Waals surface area contributed by atoms with Crippen LogP contribution in [0.1, 0.15) is 52.3 Å². The Bertz CT molecular complexity index is 383. The highest BCUT2D eigenvalue weighted by molar-refractivity contribution is 5.86. The number of rotatable bonds is 7. The average molecular weight is 251 g/mol. The van der Waals surface area contributed by atoms with E-state index < -0.39 is 0 Å². The summed E-state index contributed by atoms with van der Waals surface area (Å²) in [5, 5.41) is 4.42. The monoisotopic (exact) mass is 251 g/mol. The molecule has 0 radical (unpaired) electrons. The lowest BCUT2D eigenvalue weighted by atomic mass is 9.77. The van der Waals surface area contributed by atoms with Crippen molar-refractivity contribution in [3.63, 3.8) is 0 Å². The van der Waals surface area contributed by atoms with Gasteiger partial charge in [-0.1, -0.05) is 13.8 Å². The Hall–Kier alpha value is -1.16. The molecular weight excluding hydrogens is 226 g/mol. The van der Waals surface area contributed by atoms with Gasteiger partial charge in [-0.2, -0.15) is 5.10 Å². The quantitative estimate of drug-likeness (QED) is 0.809. The van der Waals surface area contributed by atoms with Crippen molar-refractivity contribution in [3.8, 4) is 0 Å². The van der Waals surface area contributed by atoms with Crippen LogP contribution in [0.4, 0.5) is 0 Å². The summed E-state index contributed by atoms with van der Waals surface area (Å²) in [6.45, 7) is 8.62. The minimum absolute atomic E-state index is 0.212. The number of hydrogen-bond donors (Lipinski definition) is 1. The van der Waals surface area contributed by atoms with Crippen molar-refractivity contribution < 1.29 is 4.79 Å². The van der Waals surface area contributed by atoms with E-state index in [0.717, 1.165) is 18.5 Å². The molecule has 0 aliphatic rings. The van der Waals surface area contributed by atoms with Gasteiger partial charge in [0, 0.05) is 24.2 Å². The Balaban J connectivity index is 2.79. The van der Waals surface area contributed by atoms with Crippen LogP contribution in [0.15, 0.2) is 12.3 Å². The van der Waals surface area contributed by atoms with Gasteiger partial charge in [0.15, 0.2) is 0 Å². The Morgan fingerprint density at radius 1 is 1.44 bits per heavy atom. The summed E-state index contributed by atoms with van der Waals surface area (Å²) >= 11 is 0. The Kier molecular flexibility index (Phi) is 5.08. The van der Waals surface area contributed by atoms with E-state index in [1.807, 2.05) is 30.8 Å². The lowest BCUT2D eigenvalue weighted by molar-refractivity contribution is -0.128. The maximum atomic E-state index is 12.4. The molecule has 2 N–H and O–H groups in total. The molecule has 1 rings (SSSR count). The van der Waals surface area contributed by atoms with Crippen LogP contribution in [0.25, 0.3) is 0 Å². The van der Waals surface area contributed by atoms with Gasteiger partial charge in [-0.3, -0.25) is 9.48 Å². The molecule has 0 bridgehead atoms. The third-order valence-electron chi connectivity index (χ3n) is 3.87. The zero-order chi connectivity index (χ0) is 13.8. The maximum Gasteiger partial charge on any atom is 0.146 e. The summed E-state index contributed by atoms with van der Waals surface area (Å²) in [5.74, 6) is 0.212. The van der Waals surface area contributed by atoms with Gasteiger partial charge < -0.3 is 5.73 Å². The first-order valence-electron chi connectivity index (χ1n) is 6.76. The van der Waals surface area contributed by atoms with Crippen molar-refractivity contribution in [2.75, 3.05) is 6.54 Å². The third-order valence-corrected chi connectivity index (χ3v) is 3.87. The summed E-state index contributed by atoms with van der Waals surface area (Å²) in [6.07, 6.45) is 3.90. The maximum absolute atomic E-state index is 12.4. The van der Waals surface area contributed by atoms with Crippen LogP contribution in [0, 0.1) is 5.41 Å². The molecule has 0 amide bonds. The first-order valence-corrected chi connectivity index (χ1v) is 6.76. The van der Waals surface area contributed by atoms with Crippen molar-refractivity contribution >= 4 is 5.78 Å². The van der Waals surface area contributed by atoms with E-state index in [-0.39, 0.29) is 11.2 Å². The van der Waals surface area contributed by atoms with Crippen molar-refractivity contribution in [1.82, 2.24) is 9.78 Å². The second-order valence-corrected chi connectivity index (χ2v) is 5.17. The number of aromatic nitrogens is 2. The molecule has 0 aromatic carbocycles. The van der Waals surface area contributed by atoms with Gasteiger partial charge >= 0.3 is 0 Å². The van der Waals surface area contributed by atoms with Gasteiger partial charge in [0.05, 0.1) is 12.1 Å². The van der Waals surface area contributed by atoms with E-state index in [9.17, 15) is 4.79 Å². The molecule has 0 saturated carbocycles. The molecular formula is C14H25N3O. The zero-order valence-corrected chi connectivity index (χ0v) is 11.9. The number of ketones is 1. The molecule has 0 unspecified atom stereocenters. The molecule has 0 aliphatic heterocycles. The Morgan fingerprint density at radius 3 is 2.44 bits per heavy atom. The molecule has 0 atom stereocenters. The molecule has 18 heavy (non-hydrogen) atoms. The van der Waals surface area contributed by atoms with Gasteiger partial charge in [0.2, 0.25) is 0 Å². The van der Waals surface area contributed by atoms with Gasteiger partial charge in [0.25, 0.3) is 0 Å².